The molecule has 1 heteroatoms. The Morgan fingerprint density at radius 3 is 2.77 bits per heavy atom. The molecule has 0 aromatic rings. The van der Waals surface area contributed by atoms with Crippen LogP contribution in [0, 0.1) is 5.92 Å². The largest absolute Gasteiger partial charge is 0.314 e. The van der Waals surface area contributed by atoms with Gasteiger partial charge in [-0.15, -0.1) is 6.58 Å². The van der Waals surface area contributed by atoms with Crippen LogP contribution in [0.4, 0.5) is 0 Å². The molecule has 1 N–H and O–H groups in total. The molecule has 1 atom stereocenters. The van der Waals surface area contributed by atoms with Crippen LogP contribution in [0.5, 0.6) is 0 Å². The predicted molar refractivity (Wildman–Crippen MR) is 58.9 cm³/mol. The lowest BCUT2D eigenvalue weighted by molar-refractivity contribution is 0.256. The molecule has 13 heavy (non-hydrogen) atoms. The van der Waals surface area contributed by atoms with Gasteiger partial charge in [0, 0.05) is 6.04 Å². The molecule has 1 rings (SSSR count). The zero-order chi connectivity index (χ0) is 9.52. The fourth-order valence-electron chi connectivity index (χ4n) is 2.04. The van der Waals surface area contributed by atoms with Crippen molar-refractivity contribution in [2.75, 3.05) is 6.54 Å². The van der Waals surface area contributed by atoms with Gasteiger partial charge in [-0.2, -0.15) is 0 Å². The molecular weight excluding hydrogens is 158 g/mol. The lowest BCUT2D eigenvalue weighted by Crippen LogP contribution is -2.32. The van der Waals surface area contributed by atoms with Gasteiger partial charge in [-0.3, -0.25) is 0 Å². The van der Waals surface area contributed by atoms with Gasteiger partial charge in [-0.05, 0) is 31.7 Å². The van der Waals surface area contributed by atoms with Crippen molar-refractivity contribution in [3.05, 3.63) is 12.7 Å². The molecule has 0 aromatic carbocycles. The number of hydrogen-bond acceptors (Lipinski definition) is 1. The molecule has 1 nitrogen and oxygen atoms in total. The third-order valence-electron chi connectivity index (χ3n) is 3.05. The van der Waals surface area contributed by atoms with Crippen molar-refractivity contribution in [2.45, 2.75) is 51.5 Å². The van der Waals surface area contributed by atoms with Crippen LogP contribution in [0.2, 0.25) is 0 Å². The van der Waals surface area contributed by atoms with Gasteiger partial charge < -0.3 is 5.32 Å². The van der Waals surface area contributed by atoms with Gasteiger partial charge in [-0.1, -0.05) is 32.3 Å². The molecule has 0 aromatic heterocycles. The Labute approximate surface area is 82.6 Å². The van der Waals surface area contributed by atoms with Crippen molar-refractivity contribution in [3.8, 4) is 0 Å². The first-order chi connectivity index (χ1) is 6.36. The minimum Gasteiger partial charge on any atom is -0.314 e. The average molecular weight is 181 g/mol. The highest BCUT2D eigenvalue weighted by Crippen LogP contribution is 2.31. The lowest BCUT2D eigenvalue weighted by atomic mass is 9.80. The van der Waals surface area contributed by atoms with Crippen LogP contribution in [-0.4, -0.2) is 12.6 Å². The van der Waals surface area contributed by atoms with Gasteiger partial charge in [0.2, 0.25) is 0 Å². The van der Waals surface area contributed by atoms with Crippen LogP contribution in [0.25, 0.3) is 0 Å². The van der Waals surface area contributed by atoms with E-state index in [1.165, 1.54) is 32.1 Å². The molecule has 0 saturated heterocycles. The normalized spacial score (nSPS) is 19.5. The number of allylic oxidation sites excluding steroid dienone is 1. The maximum Gasteiger partial charge on any atom is 0.00725 e. The van der Waals surface area contributed by atoms with Crippen molar-refractivity contribution in [2.24, 2.45) is 5.92 Å². The van der Waals surface area contributed by atoms with E-state index in [2.05, 4.69) is 18.8 Å². The Kier molecular flexibility index (Phi) is 5.14. The van der Waals surface area contributed by atoms with Crippen LogP contribution in [0.15, 0.2) is 12.7 Å². The molecule has 0 heterocycles. The summed E-state index contributed by atoms with van der Waals surface area (Å²) in [6.07, 6.45) is 10.3. The first-order valence-corrected chi connectivity index (χ1v) is 5.71. The van der Waals surface area contributed by atoms with Crippen molar-refractivity contribution in [1.29, 1.82) is 0 Å². The van der Waals surface area contributed by atoms with Crippen LogP contribution < -0.4 is 5.32 Å². The smallest absolute Gasteiger partial charge is 0.00725 e. The summed E-state index contributed by atoms with van der Waals surface area (Å²) >= 11 is 0. The molecule has 76 valence electrons. The lowest BCUT2D eigenvalue weighted by Gasteiger charge is -2.30. The second-order valence-corrected chi connectivity index (χ2v) is 4.15. The maximum absolute atomic E-state index is 3.78. The number of nitrogens with one attached hydrogen (secondary N) is 1. The van der Waals surface area contributed by atoms with Crippen molar-refractivity contribution in [1.82, 2.24) is 5.32 Å². The third kappa shape index (κ3) is 3.95. The molecule has 0 aliphatic heterocycles. The molecule has 0 amide bonds. The fraction of sp³-hybridized carbons (Fsp3) is 0.833. The number of hydrogen-bond donors (Lipinski definition) is 1. The van der Waals surface area contributed by atoms with Crippen molar-refractivity contribution >= 4 is 0 Å². The summed E-state index contributed by atoms with van der Waals surface area (Å²) in [5.41, 5.74) is 0. The summed E-state index contributed by atoms with van der Waals surface area (Å²) in [6, 6.07) is 0.744. The van der Waals surface area contributed by atoms with Crippen LogP contribution >= 0.6 is 0 Å². The zero-order valence-electron chi connectivity index (χ0n) is 8.89. The van der Waals surface area contributed by atoms with E-state index in [-0.39, 0.29) is 0 Å². The average Bonchev–Trinajstić information content (AvgIpc) is 2.07. The SMILES string of the molecule is C=CCCC(CC1CCC1)NCC. The predicted octanol–water partition coefficient (Wildman–Crippen LogP) is 3.12. The third-order valence-corrected chi connectivity index (χ3v) is 3.05. The van der Waals surface area contributed by atoms with Gasteiger partial charge in [0.1, 0.15) is 0 Å². The van der Waals surface area contributed by atoms with E-state index in [4.69, 9.17) is 0 Å². The fourth-order valence-corrected chi connectivity index (χ4v) is 2.04. The van der Waals surface area contributed by atoms with Crippen molar-refractivity contribution < 1.29 is 0 Å². The first-order valence-electron chi connectivity index (χ1n) is 5.71. The van der Waals surface area contributed by atoms with Gasteiger partial charge in [0.05, 0.1) is 0 Å². The molecule has 0 spiro atoms. The highest BCUT2D eigenvalue weighted by atomic mass is 14.9. The topological polar surface area (TPSA) is 12.0 Å². The summed E-state index contributed by atoms with van der Waals surface area (Å²) in [4.78, 5) is 0. The molecule has 1 saturated carbocycles. The van der Waals surface area contributed by atoms with E-state index in [0.29, 0.717) is 0 Å². The first kappa shape index (κ1) is 10.8. The maximum atomic E-state index is 3.78. The van der Waals surface area contributed by atoms with Gasteiger partial charge >= 0.3 is 0 Å². The molecular formula is C12H23N. The van der Waals surface area contributed by atoms with E-state index in [9.17, 15) is 0 Å². The molecule has 0 bridgehead atoms. The van der Waals surface area contributed by atoms with Crippen LogP contribution in [-0.2, 0) is 0 Å². The quantitative estimate of drug-likeness (QED) is 0.595. The van der Waals surface area contributed by atoms with Gasteiger partial charge in [0.25, 0.3) is 0 Å². The molecule has 0 radical (unpaired) electrons. The van der Waals surface area contributed by atoms with Gasteiger partial charge in [-0.25, -0.2) is 0 Å². The standard InChI is InChI=1S/C12H23N/c1-3-5-9-12(13-4-2)10-11-7-6-8-11/h3,11-13H,1,4-10H2,2H3. The minimum atomic E-state index is 0.744. The van der Waals surface area contributed by atoms with E-state index < -0.39 is 0 Å². The Morgan fingerprint density at radius 1 is 1.54 bits per heavy atom. The zero-order valence-corrected chi connectivity index (χ0v) is 8.89. The number of rotatable bonds is 7. The Morgan fingerprint density at radius 2 is 2.31 bits per heavy atom. The summed E-state index contributed by atoms with van der Waals surface area (Å²) in [5, 5.41) is 3.57. The molecule has 1 fully saturated rings. The monoisotopic (exact) mass is 181 g/mol. The Bertz CT molecular complexity index is 138. The second kappa shape index (κ2) is 6.20. The molecule has 1 unspecified atom stereocenters. The highest BCUT2D eigenvalue weighted by molar-refractivity contribution is 4.79. The van der Waals surface area contributed by atoms with E-state index in [0.717, 1.165) is 24.9 Å². The van der Waals surface area contributed by atoms with Crippen molar-refractivity contribution in [3.63, 3.8) is 0 Å². The van der Waals surface area contributed by atoms with E-state index in [1.807, 2.05) is 6.08 Å². The Balaban J connectivity index is 2.14. The molecule has 1 aliphatic carbocycles. The van der Waals surface area contributed by atoms with Gasteiger partial charge in [0.15, 0.2) is 0 Å². The Hall–Kier alpha value is -0.300. The van der Waals surface area contributed by atoms with E-state index >= 15 is 0 Å². The summed E-state index contributed by atoms with van der Waals surface area (Å²) < 4.78 is 0. The van der Waals surface area contributed by atoms with Crippen LogP contribution in [0.3, 0.4) is 0 Å². The minimum absolute atomic E-state index is 0.744. The molecule has 1 aliphatic rings. The summed E-state index contributed by atoms with van der Waals surface area (Å²) in [6.45, 7) is 7.08. The van der Waals surface area contributed by atoms with E-state index in [1.54, 1.807) is 0 Å². The second-order valence-electron chi connectivity index (χ2n) is 4.15. The van der Waals surface area contributed by atoms with Crippen LogP contribution in [0.1, 0.15) is 45.4 Å². The summed E-state index contributed by atoms with van der Waals surface area (Å²) in [5.74, 6) is 1.02. The highest BCUT2D eigenvalue weighted by Gasteiger charge is 2.20. The summed E-state index contributed by atoms with van der Waals surface area (Å²) in [7, 11) is 0.